The van der Waals surface area contributed by atoms with Crippen LogP contribution in [0.3, 0.4) is 0 Å². The molecule has 1 aromatic carbocycles. The molecule has 5 heteroatoms. The summed E-state index contributed by atoms with van der Waals surface area (Å²) in [5.74, 6) is 0.612. The molecule has 0 spiro atoms. The van der Waals surface area contributed by atoms with E-state index in [1.807, 2.05) is 24.3 Å². The number of aryl methyl sites for hydroxylation is 1. The normalized spacial score (nSPS) is 12.3. The van der Waals surface area contributed by atoms with E-state index in [1.165, 1.54) is 31.2 Å². The molecule has 0 saturated heterocycles. The van der Waals surface area contributed by atoms with Gasteiger partial charge in [-0.05, 0) is 30.5 Å². The second-order valence-corrected chi connectivity index (χ2v) is 5.27. The molecule has 0 aliphatic carbocycles. The Morgan fingerprint density at radius 3 is 2.50 bits per heavy atom. The van der Waals surface area contributed by atoms with Crippen LogP contribution in [0.25, 0.3) is 0 Å². The van der Waals surface area contributed by atoms with Gasteiger partial charge in [0.15, 0.2) is 5.75 Å². The fourth-order valence-corrected chi connectivity index (χ4v) is 1.98. The van der Waals surface area contributed by atoms with Gasteiger partial charge in [-0.25, -0.2) is 0 Å². The molecule has 1 unspecified atom stereocenters. The Hall–Kier alpha value is -1.14. The molecule has 0 bridgehead atoms. The monoisotopic (exact) mass is 312 g/mol. The van der Waals surface area contributed by atoms with Gasteiger partial charge in [-0.15, -0.1) is 0 Å². The van der Waals surface area contributed by atoms with Gasteiger partial charge in [0.05, 0.1) is 19.8 Å². The highest BCUT2D eigenvalue weighted by atomic mass is 17.2. The van der Waals surface area contributed by atoms with Crippen LogP contribution < -0.4 is 4.89 Å². The van der Waals surface area contributed by atoms with Gasteiger partial charge in [-0.1, -0.05) is 38.3 Å². The maximum absolute atomic E-state index is 9.53. The number of aliphatic hydroxyl groups is 2. The number of hydrogen-bond donors (Lipinski definition) is 2. The second kappa shape index (κ2) is 12.4. The molecular formula is C17H28O5. The predicted octanol–water partition coefficient (Wildman–Crippen LogP) is 2.49. The van der Waals surface area contributed by atoms with Gasteiger partial charge in [0, 0.05) is 0 Å². The van der Waals surface area contributed by atoms with Crippen LogP contribution in [-0.2, 0) is 16.0 Å². The molecule has 0 aliphatic heterocycles. The molecular weight excluding hydrogens is 284 g/mol. The fraction of sp³-hybridized carbons (Fsp3) is 0.647. The lowest BCUT2D eigenvalue weighted by molar-refractivity contribution is -0.227. The lowest BCUT2D eigenvalue weighted by atomic mass is 10.1. The van der Waals surface area contributed by atoms with Crippen LogP contribution in [0, 0.1) is 0 Å². The van der Waals surface area contributed by atoms with Gasteiger partial charge in [0.2, 0.25) is 0 Å². The highest BCUT2D eigenvalue weighted by Gasteiger charge is 2.05. The van der Waals surface area contributed by atoms with Crippen molar-refractivity contribution in [2.24, 2.45) is 0 Å². The molecule has 0 amide bonds. The van der Waals surface area contributed by atoms with Crippen molar-refractivity contribution in [3.05, 3.63) is 29.8 Å². The van der Waals surface area contributed by atoms with Gasteiger partial charge in [0.1, 0.15) is 12.7 Å². The first-order valence-corrected chi connectivity index (χ1v) is 8.01. The van der Waals surface area contributed by atoms with Gasteiger partial charge in [0.25, 0.3) is 0 Å². The van der Waals surface area contributed by atoms with E-state index in [-0.39, 0.29) is 26.4 Å². The first kappa shape index (κ1) is 18.9. The number of rotatable bonds is 13. The van der Waals surface area contributed by atoms with Crippen LogP contribution in [0.2, 0.25) is 0 Å². The molecule has 0 saturated carbocycles. The molecule has 2 N–H and O–H groups in total. The Morgan fingerprint density at radius 2 is 1.82 bits per heavy atom. The lowest BCUT2D eigenvalue weighted by Crippen LogP contribution is -2.23. The van der Waals surface area contributed by atoms with Crippen molar-refractivity contribution in [1.82, 2.24) is 0 Å². The van der Waals surface area contributed by atoms with Crippen molar-refractivity contribution in [3.63, 3.8) is 0 Å². The third kappa shape index (κ3) is 9.00. The molecule has 22 heavy (non-hydrogen) atoms. The summed E-state index contributed by atoms with van der Waals surface area (Å²) < 4.78 is 4.98. The minimum atomic E-state index is -0.774. The largest absolute Gasteiger partial charge is 0.394 e. The Bertz CT molecular complexity index is 366. The van der Waals surface area contributed by atoms with Crippen LogP contribution in [0.4, 0.5) is 0 Å². The second-order valence-electron chi connectivity index (χ2n) is 5.27. The molecule has 1 rings (SSSR count). The first-order chi connectivity index (χ1) is 10.8. The van der Waals surface area contributed by atoms with Gasteiger partial charge in [-0.3, -0.25) is 0 Å². The SMILES string of the molecule is CCCCCCc1ccc(OOCC(O)COCCO)cc1. The summed E-state index contributed by atoms with van der Waals surface area (Å²) in [6.07, 6.45) is 5.34. The van der Waals surface area contributed by atoms with Gasteiger partial charge >= 0.3 is 0 Å². The average molecular weight is 312 g/mol. The molecule has 0 aromatic heterocycles. The number of ether oxygens (including phenoxy) is 1. The summed E-state index contributed by atoms with van der Waals surface area (Å²) in [5, 5.41) is 18.1. The maximum Gasteiger partial charge on any atom is 0.165 e. The quantitative estimate of drug-likeness (QED) is 0.333. The molecule has 0 radical (unpaired) electrons. The molecule has 5 nitrogen and oxygen atoms in total. The van der Waals surface area contributed by atoms with Crippen molar-refractivity contribution in [2.75, 3.05) is 26.4 Å². The third-order valence-corrected chi connectivity index (χ3v) is 3.20. The molecule has 0 heterocycles. The van der Waals surface area contributed by atoms with Crippen LogP contribution in [0.1, 0.15) is 38.2 Å². The average Bonchev–Trinajstić information content (AvgIpc) is 2.53. The van der Waals surface area contributed by atoms with E-state index in [2.05, 4.69) is 6.92 Å². The van der Waals surface area contributed by atoms with Crippen molar-refractivity contribution in [3.8, 4) is 5.75 Å². The number of hydrogen-bond acceptors (Lipinski definition) is 5. The summed E-state index contributed by atoms with van der Waals surface area (Å²) >= 11 is 0. The molecule has 1 aromatic rings. The van der Waals surface area contributed by atoms with Crippen LogP contribution in [0.15, 0.2) is 24.3 Å². The van der Waals surface area contributed by atoms with Crippen LogP contribution in [-0.4, -0.2) is 42.7 Å². The molecule has 1 atom stereocenters. The first-order valence-electron chi connectivity index (χ1n) is 8.01. The lowest BCUT2D eigenvalue weighted by Gasteiger charge is -2.11. The van der Waals surface area contributed by atoms with E-state index in [9.17, 15) is 5.11 Å². The van der Waals surface area contributed by atoms with E-state index in [0.29, 0.717) is 5.75 Å². The number of benzene rings is 1. The minimum Gasteiger partial charge on any atom is -0.394 e. The fourth-order valence-electron chi connectivity index (χ4n) is 1.98. The van der Waals surface area contributed by atoms with Crippen molar-refractivity contribution < 1.29 is 24.7 Å². The van der Waals surface area contributed by atoms with Gasteiger partial charge in [-0.2, -0.15) is 4.89 Å². The van der Waals surface area contributed by atoms with E-state index in [1.54, 1.807) is 0 Å². The van der Waals surface area contributed by atoms with E-state index >= 15 is 0 Å². The van der Waals surface area contributed by atoms with Crippen LogP contribution >= 0.6 is 0 Å². The summed E-state index contributed by atoms with van der Waals surface area (Å²) in [7, 11) is 0. The zero-order valence-electron chi connectivity index (χ0n) is 13.4. The molecule has 0 fully saturated rings. The third-order valence-electron chi connectivity index (χ3n) is 3.20. The highest BCUT2D eigenvalue weighted by Crippen LogP contribution is 2.15. The van der Waals surface area contributed by atoms with Gasteiger partial charge < -0.3 is 19.8 Å². The van der Waals surface area contributed by atoms with Crippen molar-refractivity contribution in [2.45, 2.75) is 45.1 Å². The Morgan fingerprint density at radius 1 is 1.05 bits per heavy atom. The standard InChI is InChI=1S/C17H28O5/c1-2-3-4-5-6-15-7-9-17(10-8-15)22-21-14-16(19)13-20-12-11-18/h7-10,16,18-19H,2-6,11-14H2,1H3. The molecule has 0 aliphatic rings. The van der Waals surface area contributed by atoms with Crippen molar-refractivity contribution in [1.29, 1.82) is 0 Å². The summed E-state index contributed by atoms with van der Waals surface area (Å²) in [6.45, 7) is 2.49. The predicted molar refractivity (Wildman–Crippen MR) is 84.8 cm³/mol. The summed E-state index contributed by atoms with van der Waals surface area (Å²) in [5.41, 5.74) is 1.29. The zero-order valence-corrected chi connectivity index (χ0v) is 13.4. The summed E-state index contributed by atoms with van der Waals surface area (Å²) in [6, 6.07) is 7.80. The topological polar surface area (TPSA) is 68.2 Å². The molecule has 126 valence electrons. The minimum absolute atomic E-state index is 0.0181. The van der Waals surface area contributed by atoms with E-state index in [0.717, 1.165) is 6.42 Å². The Balaban J connectivity index is 2.15. The smallest absolute Gasteiger partial charge is 0.165 e. The van der Waals surface area contributed by atoms with E-state index < -0.39 is 6.10 Å². The van der Waals surface area contributed by atoms with Crippen molar-refractivity contribution >= 4 is 0 Å². The number of unbranched alkanes of at least 4 members (excludes halogenated alkanes) is 3. The Kier molecular flexibility index (Phi) is 10.7. The zero-order chi connectivity index (χ0) is 16.0. The highest BCUT2D eigenvalue weighted by molar-refractivity contribution is 5.26. The summed E-state index contributed by atoms with van der Waals surface area (Å²) in [4.78, 5) is 10.1. The Labute approximate surface area is 132 Å². The number of aliphatic hydroxyl groups excluding tert-OH is 2. The maximum atomic E-state index is 9.53. The van der Waals surface area contributed by atoms with E-state index in [4.69, 9.17) is 19.6 Å². The van der Waals surface area contributed by atoms with Crippen LogP contribution in [0.5, 0.6) is 5.75 Å².